The Morgan fingerprint density at radius 1 is 1.15 bits per heavy atom. The fourth-order valence-corrected chi connectivity index (χ4v) is 2.02. The van der Waals surface area contributed by atoms with Crippen LogP contribution in [0.25, 0.3) is 0 Å². The average Bonchev–Trinajstić information content (AvgIpc) is 2.38. The number of anilines is 1. The standard InChI is InChI=1S/C15H12ClNO3/c1-9-3-2-4-10(7-9)14(18)17-11-5-6-12(15(19)20)13(16)8-11/h2-8H,1H3,(H,17,18)(H,19,20). The number of carboxylic acids is 1. The minimum absolute atomic E-state index is 0.000205. The lowest BCUT2D eigenvalue weighted by Crippen LogP contribution is -2.12. The molecule has 0 radical (unpaired) electrons. The van der Waals surface area contributed by atoms with E-state index in [4.69, 9.17) is 16.7 Å². The summed E-state index contributed by atoms with van der Waals surface area (Å²) in [6.45, 7) is 1.90. The number of hydrogen-bond acceptors (Lipinski definition) is 2. The molecule has 0 aliphatic carbocycles. The third-order valence-electron chi connectivity index (χ3n) is 2.74. The van der Waals surface area contributed by atoms with Gasteiger partial charge in [-0.1, -0.05) is 29.3 Å². The minimum Gasteiger partial charge on any atom is -0.478 e. The van der Waals surface area contributed by atoms with Crippen LogP contribution in [0.15, 0.2) is 42.5 Å². The van der Waals surface area contributed by atoms with Crippen LogP contribution < -0.4 is 5.32 Å². The van der Waals surface area contributed by atoms with Gasteiger partial charge in [-0.05, 0) is 37.3 Å². The molecule has 0 heterocycles. The second-order valence-corrected chi connectivity index (χ2v) is 4.73. The average molecular weight is 290 g/mol. The normalized spacial score (nSPS) is 10.1. The fourth-order valence-electron chi connectivity index (χ4n) is 1.76. The summed E-state index contributed by atoms with van der Waals surface area (Å²) in [5, 5.41) is 11.6. The number of aromatic carboxylic acids is 1. The van der Waals surface area contributed by atoms with Gasteiger partial charge in [0, 0.05) is 11.3 Å². The zero-order valence-electron chi connectivity index (χ0n) is 10.7. The van der Waals surface area contributed by atoms with Gasteiger partial charge in [0.15, 0.2) is 0 Å². The highest BCUT2D eigenvalue weighted by atomic mass is 35.5. The molecule has 0 aromatic heterocycles. The Morgan fingerprint density at radius 3 is 2.50 bits per heavy atom. The number of rotatable bonds is 3. The van der Waals surface area contributed by atoms with Gasteiger partial charge in [0.1, 0.15) is 0 Å². The molecule has 0 atom stereocenters. The van der Waals surface area contributed by atoms with E-state index in [1.54, 1.807) is 18.2 Å². The van der Waals surface area contributed by atoms with Crippen LogP contribution in [0.5, 0.6) is 0 Å². The molecule has 102 valence electrons. The van der Waals surface area contributed by atoms with Crippen molar-refractivity contribution in [1.29, 1.82) is 0 Å². The highest BCUT2D eigenvalue weighted by Gasteiger charge is 2.11. The number of carbonyl (C=O) groups is 2. The fraction of sp³-hybridized carbons (Fsp3) is 0.0667. The molecular formula is C15H12ClNO3. The van der Waals surface area contributed by atoms with E-state index in [0.29, 0.717) is 11.3 Å². The molecular weight excluding hydrogens is 278 g/mol. The van der Waals surface area contributed by atoms with Crippen molar-refractivity contribution in [2.24, 2.45) is 0 Å². The number of amides is 1. The molecule has 4 nitrogen and oxygen atoms in total. The SMILES string of the molecule is Cc1cccc(C(=O)Nc2ccc(C(=O)O)c(Cl)c2)c1. The number of aryl methyl sites for hydroxylation is 1. The first-order chi connectivity index (χ1) is 9.47. The lowest BCUT2D eigenvalue weighted by molar-refractivity contribution is 0.0697. The van der Waals surface area contributed by atoms with Crippen molar-refractivity contribution in [3.8, 4) is 0 Å². The van der Waals surface area contributed by atoms with Crippen molar-refractivity contribution in [3.63, 3.8) is 0 Å². The van der Waals surface area contributed by atoms with E-state index in [1.807, 2.05) is 13.0 Å². The molecule has 2 aromatic rings. The van der Waals surface area contributed by atoms with E-state index in [0.717, 1.165) is 5.56 Å². The first-order valence-electron chi connectivity index (χ1n) is 5.88. The van der Waals surface area contributed by atoms with Gasteiger partial charge in [0.2, 0.25) is 0 Å². The minimum atomic E-state index is -1.11. The number of carbonyl (C=O) groups excluding carboxylic acids is 1. The summed E-state index contributed by atoms with van der Waals surface area (Å²) in [6.07, 6.45) is 0. The van der Waals surface area contributed by atoms with Crippen LogP contribution in [0, 0.1) is 6.92 Å². The van der Waals surface area contributed by atoms with Gasteiger partial charge in [-0.3, -0.25) is 4.79 Å². The number of halogens is 1. The Balaban J connectivity index is 2.20. The summed E-state index contributed by atoms with van der Waals surface area (Å²) >= 11 is 5.85. The lowest BCUT2D eigenvalue weighted by atomic mass is 10.1. The molecule has 1 amide bonds. The molecule has 0 spiro atoms. The Hall–Kier alpha value is -2.33. The second kappa shape index (κ2) is 5.75. The molecule has 0 bridgehead atoms. The number of hydrogen-bond donors (Lipinski definition) is 2. The van der Waals surface area contributed by atoms with Crippen LogP contribution in [0.4, 0.5) is 5.69 Å². The van der Waals surface area contributed by atoms with Gasteiger partial charge in [-0.2, -0.15) is 0 Å². The predicted octanol–water partition coefficient (Wildman–Crippen LogP) is 3.60. The molecule has 0 aliphatic heterocycles. The maximum absolute atomic E-state index is 12.0. The molecule has 2 rings (SSSR count). The molecule has 2 aromatic carbocycles. The van der Waals surface area contributed by atoms with E-state index in [-0.39, 0.29) is 16.5 Å². The smallest absolute Gasteiger partial charge is 0.337 e. The van der Waals surface area contributed by atoms with Crippen LogP contribution in [0.1, 0.15) is 26.3 Å². The Labute approximate surface area is 121 Å². The van der Waals surface area contributed by atoms with Crippen LogP contribution in [0.2, 0.25) is 5.02 Å². The highest BCUT2D eigenvalue weighted by molar-refractivity contribution is 6.33. The molecule has 0 fully saturated rings. The number of benzene rings is 2. The van der Waals surface area contributed by atoms with Crippen molar-refractivity contribution in [2.75, 3.05) is 5.32 Å². The van der Waals surface area contributed by atoms with Gasteiger partial charge in [-0.15, -0.1) is 0 Å². The van der Waals surface area contributed by atoms with Crippen molar-refractivity contribution in [3.05, 3.63) is 64.2 Å². The zero-order valence-corrected chi connectivity index (χ0v) is 11.4. The summed E-state index contributed by atoms with van der Waals surface area (Å²) in [6, 6.07) is 11.4. The molecule has 0 saturated carbocycles. The van der Waals surface area contributed by atoms with E-state index in [9.17, 15) is 9.59 Å². The first kappa shape index (κ1) is 14.1. The van der Waals surface area contributed by atoms with Gasteiger partial charge in [-0.25, -0.2) is 4.79 Å². The molecule has 5 heteroatoms. The van der Waals surface area contributed by atoms with E-state index in [2.05, 4.69) is 5.32 Å². The maximum Gasteiger partial charge on any atom is 0.337 e. The largest absolute Gasteiger partial charge is 0.478 e. The summed E-state index contributed by atoms with van der Waals surface area (Å²) in [5.74, 6) is -1.38. The first-order valence-corrected chi connectivity index (χ1v) is 6.26. The summed E-state index contributed by atoms with van der Waals surface area (Å²) in [5.41, 5.74) is 1.96. The molecule has 0 aliphatic rings. The van der Waals surface area contributed by atoms with Crippen molar-refractivity contribution in [1.82, 2.24) is 0 Å². The van der Waals surface area contributed by atoms with E-state index >= 15 is 0 Å². The zero-order chi connectivity index (χ0) is 14.7. The van der Waals surface area contributed by atoms with Gasteiger partial charge < -0.3 is 10.4 Å². The quantitative estimate of drug-likeness (QED) is 0.907. The van der Waals surface area contributed by atoms with Crippen molar-refractivity contribution < 1.29 is 14.7 Å². The Bertz CT molecular complexity index is 683. The number of carboxylic acid groups (broad SMARTS) is 1. The second-order valence-electron chi connectivity index (χ2n) is 4.32. The highest BCUT2D eigenvalue weighted by Crippen LogP contribution is 2.21. The summed E-state index contributed by atoms with van der Waals surface area (Å²) in [4.78, 5) is 22.9. The maximum atomic E-state index is 12.0. The number of nitrogens with one attached hydrogen (secondary N) is 1. The molecule has 20 heavy (non-hydrogen) atoms. The van der Waals surface area contributed by atoms with Crippen LogP contribution >= 0.6 is 11.6 Å². The Morgan fingerprint density at radius 2 is 1.90 bits per heavy atom. The van der Waals surface area contributed by atoms with Crippen molar-refractivity contribution >= 4 is 29.2 Å². The van der Waals surface area contributed by atoms with Crippen LogP contribution in [-0.4, -0.2) is 17.0 Å². The summed E-state index contributed by atoms with van der Waals surface area (Å²) < 4.78 is 0. The van der Waals surface area contributed by atoms with E-state index < -0.39 is 5.97 Å². The Kier molecular flexibility index (Phi) is 4.05. The lowest BCUT2D eigenvalue weighted by Gasteiger charge is -2.07. The monoisotopic (exact) mass is 289 g/mol. The van der Waals surface area contributed by atoms with Gasteiger partial charge in [0.25, 0.3) is 5.91 Å². The van der Waals surface area contributed by atoms with E-state index in [1.165, 1.54) is 18.2 Å². The summed E-state index contributed by atoms with van der Waals surface area (Å²) in [7, 11) is 0. The van der Waals surface area contributed by atoms with Crippen LogP contribution in [-0.2, 0) is 0 Å². The topological polar surface area (TPSA) is 66.4 Å². The van der Waals surface area contributed by atoms with Crippen molar-refractivity contribution in [2.45, 2.75) is 6.92 Å². The molecule has 0 saturated heterocycles. The molecule has 0 unspecified atom stereocenters. The van der Waals surface area contributed by atoms with Crippen LogP contribution in [0.3, 0.4) is 0 Å². The third kappa shape index (κ3) is 3.16. The van der Waals surface area contributed by atoms with Gasteiger partial charge in [0.05, 0.1) is 10.6 Å². The third-order valence-corrected chi connectivity index (χ3v) is 3.05. The predicted molar refractivity (Wildman–Crippen MR) is 77.5 cm³/mol. The molecule has 2 N–H and O–H groups in total. The van der Waals surface area contributed by atoms with Gasteiger partial charge >= 0.3 is 5.97 Å².